The van der Waals surface area contributed by atoms with Gasteiger partial charge < -0.3 is 19.6 Å². The van der Waals surface area contributed by atoms with Crippen LogP contribution in [0, 0.1) is 0 Å². The minimum Gasteiger partial charge on any atom is -0.341 e. The third-order valence-electron chi connectivity index (χ3n) is 13.6. The van der Waals surface area contributed by atoms with E-state index in [1.807, 2.05) is 0 Å². The van der Waals surface area contributed by atoms with Crippen molar-refractivity contribution in [3.8, 4) is 22.3 Å². The first-order valence-electron chi connectivity index (χ1n) is 22.0. The Morgan fingerprint density at radius 3 is 0.922 bits per heavy atom. The van der Waals surface area contributed by atoms with Crippen molar-refractivity contribution in [3.05, 3.63) is 218 Å². The zero-order chi connectivity index (χ0) is 42.5. The molecular weight excluding hydrogens is 777 g/mol. The zero-order valence-electron chi connectivity index (χ0n) is 35.6. The molecule has 2 aliphatic rings. The van der Waals surface area contributed by atoms with Crippen molar-refractivity contribution in [1.29, 1.82) is 0 Å². The maximum atomic E-state index is 2.45. The molecule has 4 heteroatoms. The van der Waals surface area contributed by atoms with Gasteiger partial charge in [0.15, 0.2) is 0 Å². The van der Waals surface area contributed by atoms with E-state index in [1.165, 1.54) is 88.1 Å². The number of nitrogens with zero attached hydrogens (tertiary/aromatic N) is 4. The van der Waals surface area contributed by atoms with Gasteiger partial charge in [-0.3, -0.25) is 0 Å². The second kappa shape index (κ2) is 14.1. The van der Waals surface area contributed by atoms with Gasteiger partial charge in [-0.05, 0) is 150 Å². The van der Waals surface area contributed by atoms with Crippen molar-refractivity contribution in [1.82, 2.24) is 0 Å². The van der Waals surface area contributed by atoms with Crippen LogP contribution in [0.25, 0.3) is 65.3 Å². The molecule has 0 bridgehead atoms. The maximum Gasteiger partial charge on any atom is 0.0699 e. The predicted molar refractivity (Wildman–Crippen MR) is 273 cm³/mol. The Kier molecular flexibility index (Phi) is 8.00. The molecule has 64 heavy (non-hydrogen) atoms. The number of anilines is 10. The molecular formula is C60H42N4. The van der Waals surface area contributed by atoms with Gasteiger partial charge in [0.2, 0.25) is 0 Å². The highest BCUT2D eigenvalue weighted by Gasteiger charge is 2.30. The monoisotopic (exact) mass is 818 g/mol. The highest BCUT2D eigenvalue weighted by molar-refractivity contribution is 6.23. The van der Waals surface area contributed by atoms with Crippen molar-refractivity contribution in [3.63, 3.8) is 0 Å². The van der Waals surface area contributed by atoms with Crippen LogP contribution in [0.3, 0.4) is 0 Å². The second-order valence-corrected chi connectivity index (χ2v) is 17.1. The smallest absolute Gasteiger partial charge is 0.0699 e. The van der Waals surface area contributed by atoms with E-state index in [0.29, 0.717) is 0 Å². The SMILES string of the molecule is CN1c2ccccc2N(c2ccc3c(-c4ccc5ccccc5c4)c4cc(N5c6ccccc6N(C)c6ccccc65)ccc4c(-c4ccc5ccccc5c4)c3c2)c2ccccc21. The summed E-state index contributed by atoms with van der Waals surface area (Å²) in [5.74, 6) is 0. The van der Waals surface area contributed by atoms with Crippen molar-refractivity contribution in [2.45, 2.75) is 0 Å². The third kappa shape index (κ3) is 5.42. The summed E-state index contributed by atoms with van der Waals surface area (Å²) in [5.41, 5.74) is 16.4. The van der Waals surface area contributed by atoms with Gasteiger partial charge in [-0.1, -0.05) is 133 Å². The summed E-state index contributed by atoms with van der Waals surface area (Å²) in [6.07, 6.45) is 0. The zero-order valence-corrected chi connectivity index (χ0v) is 35.6. The molecule has 0 unspecified atom stereocenters. The molecule has 4 nitrogen and oxygen atoms in total. The first kappa shape index (κ1) is 36.3. The van der Waals surface area contributed by atoms with E-state index in [-0.39, 0.29) is 0 Å². The van der Waals surface area contributed by atoms with Crippen LogP contribution in [0.15, 0.2) is 218 Å². The fourth-order valence-corrected chi connectivity index (χ4v) is 10.6. The molecule has 11 aromatic rings. The largest absolute Gasteiger partial charge is 0.341 e. The number of hydrogen-bond acceptors (Lipinski definition) is 4. The Bertz CT molecular complexity index is 3360. The summed E-state index contributed by atoms with van der Waals surface area (Å²) in [4.78, 5) is 9.50. The van der Waals surface area contributed by atoms with E-state index in [1.54, 1.807) is 0 Å². The van der Waals surface area contributed by atoms with Crippen molar-refractivity contribution in [2.75, 3.05) is 33.7 Å². The Morgan fingerprint density at radius 2 is 0.562 bits per heavy atom. The van der Waals surface area contributed by atoms with E-state index in [2.05, 4.69) is 252 Å². The lowest BCUT2D eigenvalue weighted by Gasteiger charge is -2.39. The number of benzene rings is 11. The molecule has 0 fully saturated rings. The molecule has 13 rings (SSSR count). The summed E-state index contributed by atoms with van der Waals surface area (Å²) >= 11 is 0. The molecule has 0 aromatic heterocycles. The van der Waals surface area contributed by atoms with Gasteiger partial charge in [0.25, 0.3) is 0 Å². The summed E-state index contributed by atoms with van der Waals surface area (Å²) in [6.45, 7) is 0. The van der Waals surface area contributed by atoms with Gasteiger partial charge in [-0.2, -0.15) is 0 Å². The first-order valence-corrected chi connectivity index (χ1v) is 22.0. The van der Waals surface area contributed by atoms with Crippen LogP contribution >= 0.6 is 0 Å². The maximum absolute atomic E-state index is 2.45. The lowest BCUT2D eigenvalue weighted by molar-refractivity contribution is 1.13. The fraction of sp³-hybridized carbons (Fsp3) is 0.0333. The van der Waals surface area contributed by atoms with E-state index >= 15 is 0 Å². The van der Waals surface area contributed by atoms with Crippen molar-refractivity contribution >= 4 is 100.0 Å². The first-order chi connectivity index (χ1) is 31.6. The van der Waals surface area contributed by atoms with Gasteiger partial charge >= 0.3 is 0 Å². The van der Waals surface area contributed by atoms with Crippen LogP contribution in [0.2, 0.25) is 0 Å². The molecule has 0 spiro atoms. The molecule has 0 saturated carbocycles. The van der Waals surface area contributed by atoms with Crippen LogP contribution in [-0.2, 0) is 0 Å². The highest BCUT2D eigenvalue weighted by atomic mass is 15.3. The molecule has 0 N–H and O–H groups in total. The fourth-order valence-electron chi connectivity index (χ4n) is 10.6. The van der Waals surface area contributed by atoms with E-state index in [4.69, 9.17) is 0 Å². The molecule has 0 saturated heterocycles. The van der Waals surface area contributed by atoms with E-state index < -0.39 is 0 Å². The summed E-state index contributed by atoms with van der Waals surface area (Å²) in [6, 6.07) is 80.7. The molecule has 0 aliphatic carbocycles. The van der Waals surface area contributed by atoms with Crippen LogP contribution in [0.4, 0.5) is 56.9 Å². The van der Waals surface area contributed by atoms with E-state index in [9.17, 15) is 0 Å². The molecule has 0 amide bonds. The number of hydrogen-bond donors (Lipinski definition) is 0. The van der Waals surface area contributed by atoms with Crippen molar-refractivity contribution in [2.24, 2.45) is 0 Å². The molecule has 0 atom stereocenters. The Balaban J connectivity index is 1.15. The number of fused-ring (bicyclic) bond motifs is 8. The van der Waals surface area contributed by atoms with Crippen LogP contribution in [-0.4, -0.2) is 14.1 Å². The molecule has 0 radical (unpaired) electrons. The minimum atomic E-state index is 1.12. The topological polar surface area (TPSA) is 13.0 Å². The quantitative estimate of drug-likeness (QED) is 0.164. The molecule has 302 valence electrons. The van der Waals surface area contributed by atoms with Gasteiger partial charge in [-0.25, -0.2) is 0 Å². The average molecular weight is 819 g/mol. The van der Waals surface area contributed by atoms with Crippen LogP contribution < -0.4 is 19.6 Å². The summed E-state index contributed by atoms with van der Waals surface area (Å²) < 4.78 is 0. The van der Waals surface area contributed by atoms with Gasteiger partial charge in [-0.15, -0.1) is 0 Å². The second-order valence-electron chi connectivity index (χ2n) is 17.1. The summed E-state index contributed by atoms with van der Waals surface area (Å²) in [7, 11) is 4.34. The number of rotatable bonds is 4. The van der Waals surface area contributed by atoms with Gasteiger partial charge in [0, 0.05) is 25.5 Å². The highest BCUT2D eigenvalue weighted by Crippen LogP contribution is 2.55. The van der Waals surface area contributed by atoms with Crippen LogP contribution in [0.5, 0.6) is 0 Å². The Hall–Kier alpha value is -8.34. The van der Waals surface area contributed by atoms with Gasteiger partial charge in [0.05, 0.1) is 45.5 Å². The van der Waals surface area contributed by atoms with Gasteiger partial charge in [0.1, 0.15) is 0 Å². The lowest BCUT2D eigenvalue weighted by Crippen LogP contribution is -2.24. The average Bonchev–Trinajstić information content (AvgIpc) is 3.35. The molecule has 2 heterocycles. The Labute approximate surface area is 372 Å². The lowest BCUT2D eigenvalue weighted by atomic mass is 9.84. The predicted octanol–water partition coefficient (Wildman–Crippen LogP) is 16.7. The van der Waals surface area contributed by atoms with E-state index in [0.717, 1.165) is 34.1 Å². The normalized spacial score (nSPS) is 13.0. The summed E-state index contributed by atoms with van der Waals surface area (Å²) in [5, 5.41) is 9.74. The molecule has 11 aromatic carbocycles. The van der Waals surface area contributed by atoms with Crippen LogP contribution in [0.1, 0.15) is 0 Å². The standard InChI is InChI=1S/C60H42N4/c1-61-51-19-7-11-23-55(51)63(56-24-12-8-20-52(56)61)45-31-33-47-49(37-45)59(43-29-27-39-15-3-5-17-41(39)35-43)48-34-32-46(38-50(48)60(47)44-30-28-40-16-4-6-18-42(40)36-44)64-57-25-13-9-21-53(57)62(2)54-22-10-14-26-58(54)64/h3-38H,1-2H3. The number of para-hydroxylation sites is 8. The Morgan fingerprint density at radius 1 is 0.250 bits per heavy atom. The third-order valence-corrected chi connectivity index (χ3v) is 13.6. The molecule has 2 aliphatic heterocycles. The minimum absolute atomic E-state index is 1.12. The van der Waals surface area contributed by atoms with Crippen molar-refractivity contribution < 1.29 is 0 Å².